The molecule has 1 rings (SSSR count). The van der Waals surface area contributed by atoms with E-state index in [1.54, 1.807) is 0 Å². The number of para-hydroxylation sites is 1. The molecule has 0 amide bonds. The molecule has 0 aromatic heterocycles. The van der Waals surface area contributed by atoms with Crippen LogP contribution in [-0.4, -0.2) is 6.72 Å². The quantitative estimate of drug-likeness (QED) is 0.570. The van der Waals surface area contributed by atoms with Gasteiger partial charge in [0.05, 0.1) is 5.69 Å². The van der Waals surface area contributed by atoms with Crippen LogP contribution in [0, 0.1) is 0 Å². The zero-order valence-corrected chi connectivity index (χ0v) is 7.04. The van der Waals surface area contributed by atoms with Crippen molar-refractivity contribution in [1.82, 2.24) is 0 Å². The number of aliphatic imine (C=N–C) groups is 1. The molecular weight excluding hydrogens is 134 g/mol. The lowest BCUT2D eigenvalue weighted by molar-refractivity contribution is 0.867. The minimum Gasteiger partial charge on any atom is -0.264 e. The molecule has 0 spiro atoms. The highest BCUT2D eigenvalue weighted by Gasteiger charge is 2.02. The summed E-state index contributed by atoms with van der Waals surface area (Å²) in [6.45, 7) is 7.84. The van der Waals surface area contributed by atoms with Gasteiger partial charge in [-0.1, -0.05) is 32.0 Å². The van der Waals surface area contributed by atoms with E-state index in [1.807, 2.05) is 18.2 Å². The first-order valence-electron chi connectivity index (χ1n) is 3.81. The maximum Gasteiger partial charge on any atom is 0.0656 e. The van der Waals surface area contributed by atoms with Crippen molar-refractivity contribution in [2.75, 3.05) is 0 Å². The zero-order chi connectivity index (χ0) is 8.27. The highest BCUT2D eigenvalue weighted by Crippen LogP contribution is 2.25. The van der Waals surface area contributed by atoms with Gasteiger partial charge in [-0.25, -0.2) is 0 Å². The standard InChI is InChI=1S/C10H13N/c1-8(2)9-6-4-5-7-10(9)11-3/h4-8H,3H2,1-2H3. The third-order valence-electron chi connectivity index (χ3n) is 1.73. The van der Waals surface area contributed by atoms with Gasteiger partial charge >= 0.3 is 0 Å². The van der Waals surface area contributed by atoms with Crippen molar-refractivity contribution in [3.05, 3.63) is 29.8 Å². The normalized spacial score (nSPS) is 10.1. The minimum absolute atomic E-state index is 0.525. The molecule has 0 atom stereocenters. The van der Waals surface area contributed by atoms with Crippen LogP contribution in [0.2, 0.25) is 0 Å². The highest BCUT2D eigenvalue weighted by molar-refractivity contribution is 5.52. The van der Waals surface area contributed by atoms with Crippen LogP contribution in [0.4, 0.5) is 5.69 Å². The number of nitrogens with zero attached hydrogens (tertiary/aromatic N) is 1. The Balaban J connectivity index is 3.12. The third kappa shape index (κ3) is 1.67. The molecule has 0 N–H and O–H groups in total. The first-order valence-corrected chi connectivity index (χ1v) is 3.81. The number of rotatable bonds is 2. The lowest BCUT2D eigenvalue weighted by Gasteiger charge is -2.07. The van der Waals surface area contributed by atoms with E-state index in [-0.39, 0.29) is 0 Å². The summed E-state index contributed by atoms with van der Waals surface area (Å²) < 4.78 is 0. The molecule has 0 saturated carbocycles. The minimum atomic E-state index is 0.525. The van der Waals surface area contributed by atoms with E-state index in [0.717, 1.165) is 5.69 Å². The van der Waals surface area contributed by atoms with Gasteiger partial charge in [-0.15, -0.1) is 0 Å². The third-order valence-corrected chi connectivity index (χ3v) is 1.73. The maximum absolute atomic E-state index is 3.94. The van der Waals surface area contributed by atoms with Crippen molar-refractivity contribution < 1.29 is 0 Å². The molecule has 0 saturated heterocycles. The molecule has 1 aromatic carbocycles. The molecule has 0 unspecified atom stereocenters. The molecule has 0 aliphatic rings. The summed E-state index contributed by atoms with van der Waals surface area (Å²) in [5, 5.41) is 0. The van der Waals surface area contributed by atoms with E-state index in [2.05, 4.69) is 31.6 Å². The van der Waals surface area contributed by atoms with Crippen LogP contribution in [0.5, 0.6) is 0 Å². The smallest absolute Gasteiger partial charge is 0.0656 e. The van der Waals surface area contributed by atoms with Crippen LogP contribution in [0.1, 0.15) is 25.3 Å². The van der Waals surface area contributed by atoms with Gasteiger partial charge in [-0.3, -0.25) is 4.99 Å². The van der Waals surface area contributed by atoms with Crippen molar-refractivity contribution in [3.8, 4) is 0 Å². The summed E-state index contributed by atoms with van der Waals surface area (Å²) >= 11 is 0. The molecule has 11 heavy (non-hydrogen) atoms. The van der Waals surface area contributed by atoms with Crippen molar-refractivity contribution >= 4 is 12.4 Å². The Bertz CT molecular complexity index is 251. The second-order valence-electron chi connectivity index (χ2n) is 2.87. The predicted molar refractivity (Wildman–Crippen MR) is 49.7 cm³/mol. The van der Waals surface area contributed by atoms with Gasteiger partial charge in [0, 0.05) is 0 Å². The molecule has 0 aliphatic carbocycles. The first kappa shape index (κ1) is 7.99. The van der Waals surface area contributed by atoms with E-state index in [1.165, 1.54) is 5.56 Å². The fourth-order valence-corrected chi connectivity index (χ4v) is 1.12. The van der Waals surface area contributed by atoms with Crippen LogP contribution in [-0.2, 0) is 0 Å². The van der Waals surface area contributed by atoms with E-state index in [9.17, 15) is 0 Å². The van der Waals surface area contributed by atoms with Crippen molar-refractivity contribution in [1.29, 1.82) is 0 Å². The van der Waals surface area contributed by atoms with Gasteiger partial charge in [-0.05, 0) is 24.3 Å². The van der Waals surface area contributed by atoms with E-state index < -0.39 is 0 Å². The van der Waals surface area contributed by atoms with Gasteiger partial charge in [0.15, 0.2) is 0 Å². The van der Waals surface area contributed by atoms with E-state index in [0.29, 0.717) is 5.92 Å². The Morgan fingerprint density at radius 1 is 1.27 bits per heavy atom. The van der Waals surface area contributed by atoms with Crippen LogP contribution in [0.25, 0.3) is 0 Å². The van der Waals surface area contributed by atoms with Crippen LogP contribution in [0.3, 0.4) is 0 Å². The summed E-state index contributed by atoms with van der Waals surface area (Å²) in [6.07, 6.45) is 0. The van der Waals surface area contributed by atoms with Gasteiger partial charge in [0.2, 0.25) is 0 Å². The molecule has 1 nitrogen and oxygen atoms in total. The van der Waals surface area contributed by atoms with Crippen molar-refractivity contribution in [3.63, 3.8) is 0 Å². The summed E-state index contributed by atoms with van der Waals surface area (Å²) in [4.78, 5) is 3.94. The predicted octanol–water partition coefficient (Wildman–Crippen LogP) is 3.14. The van der Waals surface area contributed by atoms with Crippen LogP contribution >= 0.6 is 0 Å². The summed E-state index contributed by atoms with van der Waals surface area (Å²) in [5.74, 6) is 0.525. The van der Waals surface area contributed by atoms with Crippen molar-refractivity contribution in [2.24, 2.45) is 4.99 Å². The molecular formula is C10H13N. The van der Waals surface area contributed by atoms with E-state index in [4.69, 9.17) is 0 Å². The Morgan fingerprint density at radius 2 is 1.91 bits per heavy atom. The second-order valence-corrected chi connectivity index (χ2v) is 2.87. The second kappa shape index (κ2) is 3.33. The molecule has 58 valence electrons. The average molecular weight is 147 g/mol. The maximum atomic E-state index is 3.94. The molecule has 0 heterocycles. The molecule has 0 bridgehead atoms. The highest BCUT2D eigenvalue weighted by atomic mass is 14.7. The summed E-state index contributed by atoms with van der Waals surface area (Å²) in [6, 6.07) is 8.09. The number of benzene rings is 1. The lowest BCUT2D eigenvalue weighted by Crippen LogP contribution is -1.86. The molecule has 0 radical (unpaired) electrons. The average Bonchev–Trinajstić information content (AvgIpc) is 2.04. The number of hydrogen-bond donors (Lipinski definition) is 0. The Hall–Kier alpha value is -1.11. The Kier molecular flexibility index (Phi) is 2.42. The monoisotopic (exact) mass is 147 g/mol. The summed E-state index contributed by atoms with van der Waals surface area (Å²) in [5.41, 5.74) is 2.27. The number of hydrogen-bond acceptors (Lipinski definition) is 1. The molecule has 0 aliphatic heterocycles. The fraction of sp³-hybridized carbons (Fsp3) is 0.300. The zero-order valence-electron chi connectivity index (χ0n) is 7.04. The van der Waals surface area contributed by atoms with Gasteiger partial charge < -0.3 is 0 Å². The Labute approximate surface area is 67.8 Å². The van der Waals surface area contributed by atoms with Gasteiger partial charge in [0.1, 0.15) is 0 Å². The SMILES string of the molecule is C=Nc1ccccc1C(C)C. The molecule has 0 fully saturated rings. The van der Waals surface area contributed by atoms with E-state index >= 15 is 0 Å². The van der Waals surface area contributed by atoms with Crippen LogP contribution in [0.15, 0.2) is 29.3 Å². The Morgan fingerprint density at radius 3 is 2.36 bits per heavy atom. The fourth-order valence-electron chi connectivity index (χ4n) is 1.12. The summed E-state index contributed by atoms with van der Waals surface area (Å²) in [7, 11) is 0. The lowest BCUT2D eigenvalue weighted by atomic mass is 10.0. The van der Waals surface area contributed by atoms with Crippen molar-refractivity contribution in [2.45, 2.75) is 19.8 Å². The topological polar surface area (TPSA) is 12.4 Å². The van der Waals surface area contributed by atoms with Gasteiger partial charge in [-0.2, -0.15) is 0 Å². The molecule has 1 heteroatoms. The molecule has 1 aromatic rings. The first-order chi connectivity index (χ1) is 5.25. The van der Waals surface area contributed by atoms with Crippen LogP contribution < -0.4 is 0 Å². The largest absolute Gasteiger partial charge is 0.264 e. The van der Waals surface area contributed by atoms with Gasteiger partial charge in [0.25, 0.3) is 0 Å².